The molecule has 18 heavy (non-hydrogen) atoms. The summed E-state index contributed by atoms with van der Waals surface area (Å²) in [4.78, 5) is 26.9. The van der Waals surface area contributed by atoms with E-state index in [1.165, 1.54) is 24.5 Å². The van der Waals surface area contributed by atoms with Gasteiger partial charge in [0.1, 0.15) is 5.65 Å². The lowest BCUT2D eigenvalue weighted by Crippen LogP contribution is -2.36. The van der Waals surface area contributed by atoms with Crippen LogP contribution in [0.1, 0.15) is 31.9 Å². The normalized spacial score (nSPS) is 11.3. The van der Waals surface area contributed by atoms with Gasteiger partial charge in [-0.2, -0.15) is 0 Å². The highest BCUT2D eigenvalue weighted by Gasteiger charge is 2.11. The van der Waals surface area contributed by atoms with Gasteiger partial charge in [0, 0.05) is 19.8 Å². The van der Waals surface area contributed by atoms with Crippen LogP contribution in [0.25, 0.3) is 11.0 Å². The first-order chi connectivity index (χ1) is 8.56. The molecule has 2 aromatic heterocycles. The number of hydrogen-bond acceptors (Lipinski definition) is 2. The molecule has 0 radical (unpaired) electrons. The molecule has 0 amide bonds. The first-order valence-electron chi connectivity index (χ1n) is 6.34. The first-order valence-corrected chi connectivity index (χ1v) is 6.34. The van der Waals surface area contributed by atoms with Gasteiger partial charge in [-0.05, 0) is 18.9 Å². The van der Waals surface area contributed by atoms with Crippen molar-refractivity contribution >= 4 is 11.0 Å². The van der Waals surface area contributed by atoms with Crippen LogP contribution in [0.4, 0.5) is 0 Å². The highest BCUT2D eigenvalue weighted by molar-refractivity contribution is 5.75. The first kappa shape index (κ1) is 12.7. The molecule has 0 bridgehead atoms. The van der Waals surface area contributed by atoms with Crippen molar-refractivity contribution in [1.82, 2.24) is 14.1 Å². The van der Waals surface area contributed by atoms with Crippen molar-refractivity contribution in [3.63, 3.8) is 0 Å². The van der Waals surface area contributed by atoms with E-state index >= 15 is 0 Å². The van der Waals surface area contributed by atoms with Crippen molar-refractivity contribution in [2.24, 2.45) is 14.1 Å². The maximum Gasteiger partial charge on any atom is 0.332 e. The lowest BCUT2D eigenvalue weighted by Gasteiger charge is -2.02. The number of nitrogens with zero attached hydrogens (tertiary/aromatic N) is 2. The minimum atomic E-state index is -0.297. The Labute approximate surface area is 105 Å². The molecule has 2 aromatic rings. The molecule has 2 heterocycles. The van der Waals surface area contributed by atoms with Gasteiger partial charge in [-0.25, -0.2) is 4.79 Å². The van der Waals surface area contributed by atoms with Crippen LogP contribution in [-0.4, -0.2) is 14.1 Å². The number of aromatic nitrogens is 3. The van der Waals surface area contributed by atoms with Crippen LogP contribution in [0.3, 0.4) is 0 Å². The zero-order valence-electron chi connectivity index (χ0n) is 11.1. The molecule has 0 spiro atoms. The molecule has 5 nitrogen and oxygen atoms in total. The van der Waals surface area contributed by atoms with E-state index in [4.69, 9.17) is 0 Å². The maximum absolute atomic E-state index is 12.0. The van der Waals surface area contributed by atoms with E-state index in [0.29, 0.717) is 11.0 Å². The second-order valence-electron chi connectivity index (χ2n) is 4.72. The Bertz CT molecular complexity index is 676. The fraction of sp³-hybridized carbons (Fsp3) is 0.538. The van der Waals surface area contributed by atoms with Gasteiger partial charge >= 0.3 is 5.69 Å². The standard InChI is InChI=1S/C13H19N3O2/c1-4-5-6-7-9-8-10-11(14-9)15(2)13(18)16(3)12(10)17/h8,14H,4-7H2,1-3H3. The molecular formula is C13H19N3O2. The molecule has 1 N–H and O–H groups in total. The van der Waals surface area contributed by atoms with Crippen molar-refractivity contribution < 1.29 is 0 Å². The number of aromatic amines is 1. The molecule has 0 saturated carbocycles. The third-order valence-corrected chi connectivity index (χ3v) is 3.35. The van der Waals surface area contributed by atoms with Gasteiger partial charge in [0.25, 0.3) is 5.56 Å². The largest absolute Gasteiger partial charge is 0.344 e. The second-order valence-corrected chi connectivity index (χ2v) is 4.72. The van der Waals surface area contributed by atoms with Crippen LogP contribution in [-0.2, 0) is 20.5 Å². The summed E-state index contributed by atoms with van der Waals surface area (Å²) < 4.78 is 2.63. The highest BCUT2D eigenvalue weighted by atomic mass is 16.2. The van der Waals surface area contributed by atoms with E-state index in [2.05, 4.69) is 11.9 Å². The average molecular weight is 249 g/mol. The fourth-order valence-corrected chi connectivity index (χ4v) is 2.21. The Morgan fingerprint density at radius 3 is 2.56 bits per heavy atom. The third kappa shape index (κ3) is 2.00. The molecule has 0 aliphatic rings. The average Bonchev–Trinajstić information content (AvgIpc) is 2.78. The number of rotatable bonds is 4. The quantitative estimate of drug-likeness (QED) is 0.830. The van der Waals surface area contributed by atoms with Crippen LogP contribution in [0.2, 0.25) is 0 Å². The van der Waals surface area contributed by atoms with Gasteiger partial charge in [-0.1, -0.05) is 19.8 Å². The minimum Gasteiger partial charge on any atom is -0.344 e. The molecule has 2 rings (SSSR count). The SMILES string of the molecule is CCCCCc1cc2c(=O)n(C)c(=O)n(C)c2[nH]1. The smallest absolute Gasteiger partial charge is 0.332 e. The molecular weight excluding hydrogens is 230 g/mol. The molecule has 0 saturated heterocycles. The summed E-state index contributed by atoms with van der Waals surface area (Å²) in [5.41, 5.74) is 1.12. The lowest BCUT2D eigenvalue weighted by molar-refractivity contribution is 0.702. The summed E-state index contributed by atoms with van der Waals surface area (Å²) in [5.74, 6) is 0. The third-order valence-electron chi connectivity index (χ3n) is 3.35. The molecule has 98 valence electrons. The van der Waals surface area contributed by atoms with E-state index < -0.39 is 0 Å². The summed E-state index contributed by atoms with van der Waals surface area (Å²) in [6.45, 7) is 2.16. The van der Waals surface area contributed by atoms with Crippen molar-refractivity contribution in [3.05, 3.63) is 32.6 Å². The minimum absolute atomic E-state index is 0.230. The van der Waals surface area contributed by atoms with E-state index in [0.717, 1.165) is 23.1 Å². The van der Waals surface area contributed by atoms with E-state index in [1.807, 2.05) is 6.07 Å². The zero-order valence-corrected chi connectivity index (χ0v) is 11.1. The summed E-state index contributed by atoms with van der Waals surface area (Å²) in [6, 6.07) is 1.87. The van der Waals surface area contributed by atoms with Gasteiger partial charge in [0.05, 0.1) is 5.39 Å². The molecule has 0 aromatic carbocycles. The molecule has 0 aliphatic heterocycles. The lowest BCUT2D eigenvalue weighted by atomic mass is 10.1. The number of unbranched alkanes of at least 4 members (excludes halogenated alkanes) is 2. The van der Waals surface area contributed by atoms with Crippen LogP contribution < -0.4 is 11.2 Å². The summed E-state index contributed by atoms with van der Waals surface area (Å²) in [6.07, 6.45) is 4.35. The van der Waals surface area contributed by atoms with E-state index in [9.17, 15) is 9.59 Å². The van der Waals surface area contributed by atoms with E-state index in [1.54, 1.807) is 7.05 Å². The van der Waals surface area contributed by atoms with Crippen molar-refractivity contribution in [2.45, 2.75) is 32.6 Å². The summed E-state index contributed by atoms with van der Waals surface area (Å²) in [5, 5.41) is 0.589. The molecule has 5 heteroatoms. The summed E-state index contributed by atoms with van der Waals surface area (Å²) in [7, 11) is 3.18. The fourth-order valence-electron chi connectivity index (χ4n) is 2.21. The van der Waals surface area contributed by atoms with Gasteiger partial charge in [-0.15, -0.1) is 0 Å². The van der Waals surface area contributed by atoms with E-state index in [-0.39, 0.29) is 11.2 Å². The number of fused-ring (bicyclic) bond motifs is 1. The van der Waals surface area contributed by atoms with Crippen molar-refractivity contribution in [3.8, 4) is 0 Å². The van der Waals surface area contributed by atoms with Gasteiger partial charge < -0.3 is 4.98 Å². The summed E-state index contributed by atoms with van der Waals surface area (Å²) >= 11 is 0. The zero-order chi connectivity index (χ0) is 13.3. The van der Waals surface area contributed by atoms with Crippen LogP contribution in [0.5, 0.6) is 0 Å². The molecule has 0 fully saturated rings. The van der Waals surface area contributed by atoms with Crippen LogP contribution >= 0.6 is 0 Å². The maximum atomic E-state index is 12.0. The Balaban J connectivity index is 2.51. The molecule has 0 aliphatic carbocycles. The van der Waals surface area contributed by atoms with Crippen molar-refractivity contribution in [2.75, 3.05) is 0 Å². The Kier molecular flexibility index (Phi) is 3.41. The number of H-pyrrole nitrogens is 1. The van der Waals surface area contributed by atoms with Gasteiger partial charge in [0.2, 0.25) is 0 Å². The van der Waals surface area contributed by atoms with Gasteiger partial charge in [0.15, 0.2) is 0 Å². The van der Waals surface area contributed by atoms with Crippen LogP contribution in [0, 0.1) is 0 Å². The monoisotopic (exact) mass is 249 g/mol. The Morgan fingerprint density at radius 2 is 1.89 bits per heavy atom. The molecule has 0 atom stereocenters. The Hall–Kier alpha value is -1.78. The Morgan fingerprint density at radius 1 is 1.17 bits per heavy atom. The van der Waals surface area contributed by atoms with Crippen LogP contribution in [0.15, 0.2) is 15.7 Å². The number of aryl methyl sites for hydroxylation is 2. The predicted octanol–water partition coefficient (Wildman–Crippen LogP) is 1.30. The number of nitrogens with one attached hydrogen (secondary N) is 1. The molecule has 0 unspecified atom stereocenters. The topological polar surface area (TPSA) is 59.8 Å². The number of hydrogen-bond donors (Lipinski definition) is 1. The van der Waals surface area contributed by atoms with Gasteiger partial charge in [-0.3, -0.25) is 13.9 Å². The highest BCUT2D eigenvalue weighted by Crippen LogP contribution is 2.12. The van der Waals surface area contributed by atoms with Crippen molar-refractivity contribution in [1.29, 1.82) is 0 Å². The second kappa shape index (κ2) is 4.84. The predicted molar refractivity (Wildman–Crippen MR) is 72.0 cm³/mol.